The Labute approximate surface area is 116 Å². The molecule has 0 saturated carbocycles. The number of aromatic carboxylic acids is 1. The van der Waals surface area contributed by atoms with E-state index in [1.54, 1.807) is 0 Å². The smallest absolute Gasteiger partial charge is 0.336 e. The van der Waals surface area contributed by atoms with E-state index in [0.29, 0.717) is 24.1 Å². The molecule has 0 spiro atoms. The van der Waals surface area contributed by atoms with E-state index in [2.05, 4.69) is 4.98 Å². The summed E-state index contributed by atoms with van der Waals surface area (Å²) in [4.78, 5) is 15.4. The molecule has 2 aromatic rings. The van der Waals surface area contributed by atoms with Crippen LogP contribution in [0.25, 0.3) is 10.9 Å². The van der Waals surface area contributed by atoms with Gasteiger partial charge in [-0.2, -0.15) is 0 Å². The minimum atomic E-state index is -0.945. The number of nitrogens with zero attached hydrogens (tertiary/aromatic N) is 1. The van der Waals surface area contributed by atoms with E-state index >= 15 is 0 Å². The van der Waals surface area contributed by atoms with Gasteiger partial charge in [0.05, 0.1) is 30.4 Å². The van der Waals surface area contributed by atoms with Gasteiger partial charge in [0.15, 0.2) is 0 Å². The molecule has 1 N–H and O–H groups in total. The average molecular weight is 273 g/mol. The van der Waals surface area contributed by atoms with Gasteiger partial charge in [0.2, 0.25) is 0 Å². The predicted octanol–water partition coefficient (Wildman–Crippen LogP) is 2.24. The molecule has 2 heterocycles. The molecule has 3 rings (SSSR count). The van der Waals surface area contributed by atoms with Gasteiger partial charge in [0.1, 0.15) is 0 Å². The van der Waals surface area contributed by atoms with Crippen LogP contribution in [0.4, 0.5) is 0 Å². The Kier molecular flexibility index (Phi) is 3.62. The largest absolute Gasteiger partial charge is 0.478 e. The number of ether oxygens (including phenoxy) is 2. The van der Waals surface area contributed by atoms with Crippen molar-refractivity contribution >= 4 is 16.9 Å². The summed E-state index contributed by atoms with van der Waals surface area (Å²) in [6.45, 7) is 1.84. The van der Waals surface area contributed by atoms with Crippen LogP contribution in [-0.4, -0.2) is 35.4 Å². The lowest BCUT2D eigenvalue weighted by molar-refractivity contribution is 0.0318. The standard InChI is InChI=1S/C15H15NO4/c17-15(18)12-3-5-16-14-2-1-10(7-13(12)14)8-20-11-4-6-19-9-11/h1-3,5,7,11H,4,6,8-9H2,(H,17,18). The summed E-state index contributed by atoms with van der Waals surface area (Å²) in [5.74, 6) is -0.945. The molecule has 1 saturated heterocycles. The van der Waals surface area contributed by atoms with Crippen molar-refractivity contribution in [2.24, 2.45) is 0 Å². The highest BCUT2D eigenvalue weighted by atomic mass is 16.5. The highest BCUT2D eigenvalue weighted by Crippen LogP contribution is 2.20. The summed E-state index contributed by atoms with van der Waals surface area (Å²) in [5.41, 5.74) is 1.89. The normalized spacial score (nSPS) is 18.5. The topological polar surface area (TPSA) is 68.7 Å². The first-order valence-electron chi connectivity index (χ1n) is 6.54. The third kappa shape index (κ3) is 2.64. The van der Waals surface area contributed by atoms with E-state index in [1.165, 1.54) is 12.3 Å². The van der Waals surface area contributed by atoms with Gasteiger partial charge >= 0.3 is 5.97 Å². The Morgan fingerprint density at radius 2 is 2.35 bits per heavy atom. The second kappa shape index (κ2) is 5.56. The van der Waals surface area contributed by atoms with Crippen LogP contribution in [0.1, 0.15) is 22.3 Å². The first kappa shape index (κ1) is 13.0. The molecule has 0 aliphatic carbocycles. The van der Waals surface area contributed by atoms with Crippen LogP contribution in [-0.2, 0) is 16.1 Å². The zero-order chi connectivity index (χ0) is 13.9. The lowest BCUT2D eigenvalue weighted by Crippen LogP contribution is -2.11. The number of hydrogen-bond acceptors (Lipinski definition) is 4. The molecular formula is C15H15NO4. The predicted molar refractivity (Wildman–Crippen MR) is 72.7 cm³/mol. The second-order valence-electron chi connectivity index (χ2n) is 4.81. The summed E-state index contributed by atoms with van der Waals surface area (Å²) >= 11 is 0. The Bertz CT molecular complexity index is 635. The molecule has 5 nitrogen and oxygen atoms in total. The van der Waals surface area contributed by atoms with E-state index in [9.17, 15) is 9.90 Å². The summed E-state index contributed by atoms with van der Waals surface area (Å²) in [6.07, 6.45) is 2.56. The van der Waals surface area contributed by atoms with Crippen LogP contribution in [0.15, 0.2) is 30.5 Å². The quantitative estimate of drug-likeness (QED) is 0.925. The minimum Gasteiger partial charge on any atom is -0.478 e. The molecule has 1 atom stereocenters. The van der Waals surface area contributed by atoms with E-state index in [-0.39, 0.29) is 11.7 Å². The van der Waals surface area contributed by atoms with Gasteiger partial charge in [-0.25, -0.2) is 4.79 Å². The molecular weight excluding hydrogens is 258 g/mol. The van der Waals surface area contributed by atoms with Crippen LogP contribution >= 0.6 is 0 Å². The number of carboxylic acids is 1. The van der Waals surface area contributed by atoms with Crippen LogP contribution < -0.4 is 0 Å². The number of carbonyl (C=O) groups is 1. The van der Waals surface area contributed by atoms with Crippen molar-refractivity contribution in [1.82, 2.24) is 4.98 Å². The Balaban J connectivity index is 1.85. The maximum atomic E-state index is 11.2. The van der Waals surface area contributed by atoms with E-state index in [4.69, 9.17) is 9.47 Å². The molecule has 1 aliphatic heterocycles. The third-order valence-electron chi connectivity index (χ3n) is 3.41. The number of hydrogen-bond donors (Lipinski definition) is 1. The summed E-state index contributed by atoms with van der Waals surface area (Å²) in [7, 11) is 0. The fourth-order valence-electron chi connectivity index (χ4n) is 2.33. The maximum Gasteiger partial charge on any atom is 0.336 e. The fourth-order valence-corrected chi connectivity index (χ4v) is 2.33. The van der Waals surface area contributed by atoms with Crippen LogP contribution in [0.3, 0.4) is 0 Å². The highest BCUT2D eigenvalue weighted by molar-refractivity contribution is 6.02. The molecule has 0 radical (unpaired) electrons. The average Bonchev–Trinajstić information content (AvgIpc) is 2.97. The number of aromatic nitrogens is 1. The lowest BCUT2D eigenvalue weighted by atomic mass is 10.1. The second-order valence-corrected chi connectivity index (χ2v) is 4.81. The molecule has 104 valence electrons. The Hall–Kier alpha value is -1.98. The molecule has 1 aliphatic rings. The van der Waals surface area contributed by atoms with Gasteiger partial charge in [-0.05, 0) is 30.2 Å². The summed E-state index contributed by atoms with van der Waals surface area (Å²) < 4.78 is 11.0. The lowest BCUT2D eigenvalue weighted by Gasteiger charge is -2.10. The molecule has 20 heavy (non-hydrogen) atoms. The van der Waals surface area contributed by atoms with Gasteiger partial charge in [-0.1, -0.05) is 6.07 Å². The summed E-state index contributed by atoms with van der Waals surface area (Å²) in [6, 6.07) is 7.09. The van der Waals surface area contributed by atoms with Crippen molar-refractivity contribution in [3.8, 4) is 0 Å². The Morgan fingerprint density at radius 1 is 1.45 bits per heavy atom. The van der Waals surface area contributed by atoms with Gasteiger partial charge in [0, 0.05) is 18.2 Å². The SMILES string of the molecule is O=C(O)c1ccnc2ccc(COC3CCOC3)cc12. The van der Waals surface area contributed by atoms with Gasteiger partial charge in [-0.3, -0.25) is 4.98 Å². The molecule has 1 aromatic heterocycles. The highest BCUT2D eigenvalue weighted by Gasteiger charge is 2.16. The molecule has 0 amide bonds. The van der Waals surface area contributed by atoms with Crippen LogP contribution in [0.5, 0.6) is 0 Å². The van der Waals surface area contributed by atoms with Gasteiger partial charge < -0.3 is 14.6 Å². The van der Waals surface area contributed by atoms with Crippen molar-refractivity contribution in [2.45, 2.75) is 19.1 Å². The monoisotopic (exact) mass is 273 g/mol. The first-order valence-corrected chi connectivity index (χ1v) is 6.54. The van der Waals surface area contributed by atoms with Gasteiger partial charge in [0.25, 0.3) is 0 Å². The fraction of sp³-hybridized carbons (Fsp3) is 0.333. The number of benzene rings is 1. The van der Waals surface area contributed by atoms with Crippen molar-refractivity contribution in [3.63, 3.8) is 0 Å². The summed E-state index contributed by atoms with van der Waals surface area (Å²) in [5, 5.41) is 9.84. The first-order chi connectivity index (χ1) is 9.74. The number of rotatable bonds is 4. The number of fused-ring (bicyclic) bond motifs is 1. The third-order valence-corrected chi connectivity index (χ3v) is 3.41. The molecule has 1 fully saturated rings. The van der Waals surface area contributed by atoms with Crippen molar-refractivity contribution in [2.75, 3.05) is 13.2 Å². The van der Waals surface area contributed by atoms with Crippen molar-refractivity contribution in [1.29, 1.82) is 0 Å². The zero-order valence-corrected chi connectivity index (χ0v) is 10.9. The van der Waals surface area contributed by atoms with Crippen molar-refractivity contribution < 1.29 is 19.4 Å². The van der Waals surface area contributed by atoms with Crippen molar-refractivity contribution in [3.05, 3.63) is 41.6 Å². The molecule has 0 bridgehead atoms. The van der Waals surface area contributed by atoms with Crippen LogP contribution in [0, 0.1) is 0 Å². The number of pyridine rings is 1. The molecule has 5 heteroatoms. The number of carboxylic acid groups (broad SMARTS) is 1. The van der Waals surface area contributed by atoms with E-state index in [0.717, 1.165) is 18.6 Å². The maximum absolute atomic E-state index is 11.2. The molecule has 1 aromatic carbocycles. The van der Waals surface area contributed by atoms with Crippen LogP contribution in [0.2, 0.25) is 0 Å². The van der Waals surface area contributed by atoms with E-state index < -0.39 is 5.97 Å². The van der Waals surface area contributed by atoms with Gasteiger partial charge in [-0.15, -0.1) is 0 Å². The minimum absolute atomic E-state index is 0.138. The Morgan fingerprint density at radius 3 is 3.10 bits per heavy atom. The van der Waals surface area contributed by atoms with E-state index in [1.807, 2.05) is 18.2 Å². The zero-order valence-electron chi connectivity index (χ0n) is 10.9. The molecule has 1 unspecified atom stereocenters.